The van der Waals surface area contributed by atoms with Crippen LogP contribution in [0.15, 0.2) is 18.2 Å². The van der Waals surface area contributed by atoms with E-state index in [1.54, 1.807) is 7.11 Å². The second-order valence-electron chi connectivity index (χ2n) is 8.02. The van der Waals surface area contributed by atoms with E-state index in [9.17, 15) is 4.79 Å². The SMILES string of the molecule is COc1ccc(C(=O)N2CCCC2)c(OC2CCN(C3CSCCSC3)CC2)c1. The van der Waals surface area contributed by atoms with Gasteiger partial charge in [-0.3, -0.25) is 9.69 Å². The first-order chi connectivity index (χ1) is 14.2. The number of hydrogen-bond donors (Lipinski definition) is 0. The zero-order chi connectivity index (χ0) is 20.1. The van der Waals surface area contributed by atoms with Gasteiger partial charge in [-0.15, -0.1) is 0 Å². The molecule has 0 atom stereocenters. The van der Waals surface area contributed by atoms with Gasteiger partial charge in [0, 0.05) is 61.3 Å². The minimum Gasteiger partial charge on any atom is -0.497 e. The van der Waals surface area contributed by atoms with E-state index in [-0.39, 0.29) is 12.0 Å². The molecular weight excluding hydrogens is 404 g/mol. The first-order valence-electron chi connectivity index (χ1n) is 10.8. The molecule has 0 aromatic heterocycles. The van der Waals surface area contributed by atoms with Crippen LogP contribution in [-0.4, -0.2) is 84.2 Å². The Morgan fingerprint density at radius 1 is 1.03 bits per heavy atom. The number of hydrogen-bond acceptors (Lipinski definition) is 6. The molecule has 0 aliphatic carbocycles. The molecule has 29 heavy (non-hydrogen) atoms. The van der Waals surface area contributed by atoms with Crippen molar-refractivity contribution in [1.29, 1.82) is 0 Å². The molecule has 7 heteroatoms. The highest BCUT2D eigenvalue weighted by Gasteiger charge is 2.29. The average molecular weight is 437 g/mol. The van der Waals surface area contributed by atoms with Crippen LogP contribution < -0.4 is 9.47 Å². The van der Waals surface area contributed by atoms with Gasteiger partial charge in [0.2, 0.25) is 0 Å². The third kappa shape index (κ3) is 5.36. The lowest BCUT2D eigenvalue weighted by Crippen LogP contribution is -2.46. The van der Waals surface area contributed by atoms with Gasteiger partial charge in [0.1, 0.15) is 17.6 Å². The fourth-order valence-electron chi connectivity index (χ4n) is 4.35. The summed E-state index contributed by atoms with van der Waals surface area (Å²) >= 11 is 4.18. The average Bonchev–Trinajstić information content (AvgIpc) is 3.16. The van der Waals surface area contributed by atoms with Crippen LogP contribution in [0.3, 0.4) is 0 Å². The Bertz CT molecular complexity index is 681. The van der Waals surface area contributed by atoms with Crippen molar-refractivity contribution < 1.29 is 14.3 Å². The third-order valence-corrected chi connectivity index (χ3v) is 8.58. The Balaban J connectivity index is 1.40. The van der Waals surface area contributed by atoms with Crippen molar-refractivity contribution >= 4 is 29.4 Å². The van der Waals surface area contributed by atoms with Crippen molar-refractivity contribution in [1.82, 2.24) is 9.80 Å². The number of amides is 1. The molecule has 1 aromatic rings. The predicted octanol–water partition coefficient (Wildman–Crippen LogP) is 3.62. The first-order valence-corrected chi connectivity index (χ1v) is 13.1. The number of carbonyl (C=O) groups excluding carboxylic acids is 1. The molecule has 3 aliphatic heterocycles. The van der Waals surface area contributed by atoms with Crippen molar-refractivity contribution in [3.8, 4) is 11.5 Å². The molecule has 0 bridgehead atoms. The number of thioether (sulfide) groups is 2. The molecule has 1 aromatic carbocycles. The lowest BCUT2D eigenvalue weighted by molar-refractivity contribution is 0.0749. The summed E-state index contributed by atoms with van der Waals surface area (Å²) in [7, 11) is 1.66. The molecule has 3 aliphatic rings. The van der Waals surface area contributed by atoms with Crippen LogP contribution >= 0.6 is 23.5 Å². The van der Waals surface area contributed by atoms with Crippen molar-refractivity contribution in [3.63, 3.8) is 0 Å². The van der Waals surface area contributed by atoms with E-state index in [4.69, 9.17) is 9.47 Å². The van der Waals surface area contributed by atoms with Crippen LogP contribution in [0.5, 0.6) is 11.5 Å². The maximum absolute atomic E-state index is 13.0. The highest BCUT2D eigenvalue weighted by Crippen LogP contribution is 2.30. The molecule has 160 valence electrons. The van der Waals surface area contributed by atoms with Crippen LogP contribution in [0.4, 0.5) is 0 Å². The van der Waals surface area contributed by atoms with Crippen molar-refractivity contribution in [3.05, 3.63) is 23.8 Å². The molecule has 0 radical (unpaired) electrons. The summed E-state index contributed by atoms with van der Waals surface area (Å²) in [5, 5.41) is 0. The number of carbonyl (C=O) groups is 1. The molecule has 0 saturated carbocycles. The van der Waals surface area contributed by atoms with Gasteiger partial charge in [-0.05, 0) is 37.8 Å². The van der Waals surface area contributed by atoms with Crippen LogP contribution in [0.1, 0.15) is 36.0 Å². The number of ether oxygens (including phenoxy) is 2. The summed E-state index contributed by atoms with van der Waals surface area (Å²) in [6.07, 6.45) is 4.37. The highest BCUT2D eigenvalue weighted by atomic mass is 32.2. The Morgan fingerprint density at radius 2 is 1.72 bits per heavy atom. The van der Waals surface area contributed by atoms with Gasteiger partial charge in [-0.1, -0.05) is 0 Å². The standard InChI is InChI=1S/C22H32N2O3S2/c1-26-19-4-5-20(22(25)24-8-2-3-9-24)21(14-19)27-18-6-10-23(11-7-18)17-15-28-12-13-29-16-17/h4-5,14,17-18H,2-3,6-13,15-16H2,1H3. The molecule has 1 amide bonds. The Kier molecular flexibility index (Phi) is 7.54. The maximum atomic E-state index is 13.0. The fourth-order valence-corrected chi connectivity index (χ4v) is 6.98. The topological polar surface area (TPSA) is 42.0 Å². The summed E-state index contributed by atoms with van der Waals surface area (Å²) in [4.78, 5) is 17.6. The van der Waals surface area contributed by atoms with E-state index in [0.29, 0.717) is 17.4 Å². The van der Waals surface area contributed by atoms with Crippen LogP contribution in [0.25, 0.3) is 0 Å². The molecule has 3 saturated heterocycles. The molecule has 3 heterocycles. The Morgan fingerprint density at radius 3 is 2.38 bits per heavy atom. The van der Waals surface area contributed by atoms with E-state index in [1.165, 1.54) is 23.0 Å². The predicted molar refractivity (Wildman–Crippen MR) is 122 cm³/mol. The second kappa shape index (κ2) is 10.3. The van der Waals surface area contributed by atoms with Crippen LogP contribution in [0.2, 0.25) is 0 Å². The van der Waals surface area contributed by atoms with Crippen LogP contribution in [0, 0.1) is 0 Å². The normalized spacial score (nSPS) is 22.4. The van der Waals surface area contributed by atoms with E-state index in [2.05, 4.69) is 28.4 Å². The zero-order valence-electron chi connectivity index (χ0n) is 17.3. The third-order valence-electron chi connectivity index (χ3n) is 6.09. The number of methoxy groups -OCH3 is 1. The number of rotatable bonds is 5. The van der Waals surface area contributed by atoms with Gasteiger partial charge in [-0.2, -0.15) is 23.5 Å². The molecule has 0 N–H and O–H groups in total. The lowest BCUT2D eigenvalue weighted by atomic mass is 10.1. The van der Waals surface area contributed by atoms with Gasteiger partial charge < -0.3 is 14.4 Å². The van der Waals surface area contributed by atoms with Gasteiger partial charge in [0.25, 0.3) is 5.91 Å². The molecule has 4 rings (SSSR count). The second-order valence-corrected chi connectivity index (χ2v) is 10.3. The van der Waals surface area contributed by atoms with Gasteiger partial charge >= 0.3 is 0 Å². The fraction of sp³-hybridized carbons (Fsp3) is 0.682. The van der Waals surface area contributed by atoms with Gasteiger partial charge in [-0.25, -0.2) is 0 Å². The summed E-state index contributed by atoms with van der Waals surface area (Å²) in [6.45, 7) is 3.85. The summed E-state index contributed by atoms with van der Waals surface area (Å²) < 4.78 is 11.8. The van der Waals surface area contributed by atoms with Gasteiger partial charge in [0.05, 0.1) is 12.7 Å². The molecular formula is C22H32N2O3S2. The van der Waals surface area contributed by atoms with E-state index in [1.807, 2.05) is 23.1 Å². The zero-order valence-corrected chi connectivity index (χ0v) is 18.9. The smallest absolute Gasteiger partial charge is 0.257 e. The molecule has 3 fully saturated rings. The maximum Gasteiger partial charge on any atom is 0.257 e. The van der Waals surface area contributed by atoms with Gasteiger partial charge in [0.15, 0.2) is 0 Å². The largest absolute Gasteiger partial charge is 0.497 e. The lowest BCUT2D eigenvalue weighted by Gasteiger charge is -2.37. The minimum atomic E-state index is 0.0881. The number of nitrogens with zero attached hydrogens (tertiary/aromatic N) is 2. The number of benzene rings is 1. The quantitative estimate of drug-likeness (QED) is 0.702. The Labute approximate surface area is 182 Å². The summed E-state index contributed by atoms with van der Waals surface area (Å²) in [5.41, 5.74) is 0.673. The van der Waals surface area contributed by atoms with Crippen LogP contribution in [-0.2, 0) is 0 Å². The van der Waals surface area contributed by atoms with E-state index >= 15 is 0 Å². The monoisotopic (exact) mass is 436 g/mol. The van der Waals surface area contributed by atoms with Crippen molar-refractivity contribution in [2.75, 3.05) is 56.3 Å². The minimum absolute atomic E-state index is 0.0881. The van der Waals surface area contributed by atoms with Crippen molar-refractivity contribution in [2.24, 2.45) is 0 Å². The van der Waals surface area contributed by atoms with E-state index < -0.39 is 0 Å². The van der Waals surface area contributed by atoms with Crippen molar-refractivity contribution in [2.45, 2.75) is 37.8 Å². The number of piperidine rings is 1. The Hall–Kier alpha value is -1.05. The molecule has 5 nitrogen and oxygen atoms in total. The summed E-state index contributed by atoms with van der Waals surface area (Å²) in [6, 6.07) is 6.30. The summed E-state index contributed by atoms with van der Waals surface area (Å²) in [5.74, 6) is 6.58. The highest BCUT2D eigenvalue weighted by molar-refractivity contribution is 8.03. The molecule has 0 unspecified atom stereocenters. The van der Waals surface area contributed by atoms with E-state index in [0.717, 1.165) is 57.6 Å². The first kappa shape index (κ1) is 21.2. The molecule has 0 spiro atoms. The number of likely N-dealkylation sites (tertiary alicyclic amines) is 2.